The van der Waals surface area contributed by atoms with Gasteiger partial charge in [0, 0.05) is 25.1 Å². The van der Waals surface area contributed by atoms with Crippen molar-refractivity contribution in [1.82, 2.24) is 15.2 Å². The minimum absolute atomic E-state index is 0.0200. The highest BCUT2D eigenvalue weighted by Crippen LogP contribution is 2.18. The van der Waals surface area contributed by atoms with Gasteiger partial charge in [-0.1, -0.05) is 23.8 Å². The van der Waals surface area contributed by atoms with E-state index in [-0.39, 0.29) is 35.9 Å². The van der Waals surface area contributed by atoms with Crippen molar-refractivity contribution >= 4 is 21.8 Å². The predicted molar refractivity (Wildman–Crippen MR) is 118 cm³/mol. The van der Waals surface area contributed by atoms with Gasteiger partial charge in [-0.3, -0.25) is 20.4 Å². The standard InChI is InChI=1S/C22H27N3O6S/c1-17-7-9-19(10-8-17)31-13-3-6-21(26)23-24-22(27)18-4-2-5-20(16-18)32(28,29)25-11-14-30-15-12-25/h2,4-5,7-10,16H,3,6,11-15H2,1H3,(H,23,26)(H,24,27). The smallest absolute Gasteiger partial charge is 0.269 e. The number of ether oxygens (including phenoxy) is 2. The summed E-state index contributed by atoms with van der Waals surface area (Å²) in [6.07, 6.45) is 0.639. The molecule has 0 aromatic heterocycles. The molecule has 1 heterocycles. The zero-order valence-electron chi connectivity index (χ0n) is 17.9. The number of hydrogen-bond acceptors (Lipinski definition) is 6. The zero-order chi connectivity index (χ0) is 23.0. The van der Waals surface area contributed by atoms with E-state index in [1.54, 1.807) is 0 Å². The summed E-state index contributed by atoms with van der Waals surface area (Å²) >= 11 is 0. The lowest BCUT2D eigenvalue weighted by Gasteiger charge is -2.26. The number of carbonyl (C=O) groups excluding carboxylic acids is 2. The van der Waals surface area contributed by atoms with Gasteiger partial charge in [-0.05, 0) is 43.7 Å². The largest absolute Gasteiger partial charge is 0.494 e. The molecule has 0 saturated carbocycles. The molecule has 2 N–H and O–H groups in total. The third kappa shape index (κ3) is 6.52. The van der Waals surface area contributed by atoms with Crippen LogP contribution in [0.5, 0.6) is 5.75 Å². The fourth-order valence-corrected chi connectivity index (χ4v) is 4.51. The van der Waals surface area contributed by atoms with Crippen LogP contribution in [0.3, 0.4) is 0 Å². The van der Waals surface area contributed by atoms with Crippen LogP contribution in [0.4, 0.5) is 0 Å². The highest BCUT2D eigenvalue weighted by molar-refractivity contribution is 7.89. The number of morpholine rings is 1. The molecule has 0 unspecified atom stereocenters. The van der Waals surface area contributed by atoms with Gasteiger partial charge in [0.15, 0.2) is 0 Å². The van der Waals surface area contributed by atoms with E-state index >= 15 is 0 Å². The van der Waals surface area contributed by atoms with Gasteiger partial charge in [0.2, 0.25) is 15.9 Å². The molecular formula is C22H27N3O6S. The van der Waals surface area contributed by atoms with Crippen LogP contribution in [-0.4, -0.2) is 57.4 Å². The summed E-state index contributed by atoms with van der Waals surface area (Å²) < 4.78 is 37.6. The molecule has 0 spiro atoms. The van der Waals surface area contributed by atoms with E-state index in [4.69, 9.17) is 9.47 Å². The Labute approximate surface area is 187 Å². The summed E-state index contributed by atoms with van der Waals surface area (Å²) in [4.78, 5) is 24.4. The fourth-order valence-electron chi connectivity index (χ4n) is 3.05. The average Bonchev–Trinajstić information content (AvgIpc) is 2.82. The van der Waals surface area contributed by atoms with E-state index in [1.165, 1.54) is 28.6 Å². The van der Waals surface area contributed by atoms with Gasteiger partial charge in [0.1, 0.15) is 5.75 Å². The van der Waals surface area contributed by atoms with Crippen molar-refractivity contribution < 1.29 is 27.5 Å². The maximum atomic E-state index is 12.8. The van der Waals surface area contributed by atoms with Crippen LogP contribution >= 0.6 is 0 Å². The maximum Gasteiger partial charge on any atom is 0.269 e. The van der Waals surface area contributed by atoms with Gasteiger partial charge in [-0.25, -0.2) is 8.42 Å². The predicted octanol–water partition coefficient (Wildman–Crippen LogP) is 1.64. The number of rotatable bonds is 8. The molecule has 10 heteroatoms. The van der Waals surface area contributed by atoms with E-state index in [0.29, 0.717) is 26.2 Å². The molecule has 32 heavy (non-hydrogen) atoms. The summed E-state index contributed by atoms with van der Waals surface area (Å²) in [6.45, 7) is 3.56. The van der Waals surface area contributed by atoms with Crippen LogP contribution < -0.4 is 15.6 Å². The highest BCUT2D eigenvalue weighted by Gasteiger charge is 2.26. The van der Waals surface area contributed by atoms with Gasteiger partial charge < -0.3 is 9.47 Å². The van der Waals surface area contributed by atoms with Gasteiger partial charge in [-0.2, -0.15) is 4.31 Å². The van der Waals surface area contributed by atoms with Gasteiger partial charge in [0.25, 0.3) is 5.91 Å². The van der Waals surface area contributed by atoms with Crippen molar-refractivity contribution in [3.63, 3.8) is 0 Å². The Morgan fingerprint density at radius 2 is 1.78 bits per heavy atom. The highest BCUT2D eigenvalue weighted by atomic mass is 32.2. The molecule has 9 nitrogen and oxygen atoms in total. The van der Waals surface area contributed by atoms with E-state index in [9.17, 15) is 18.0 Å². The number of amides is 2. The van der Waals surface area contributed by atoms with Crippen molar-refractivity contribution in [2.45, 2.75) is 24.7 Å². The number of hydrazine groups is 1. The Kier molecular flexibility index (Phi) is 8.20. The summed E-state index contributed by atoms with van der Waals surface area (Å²) in [5.41, 5.74) is 5.92. The van der Waals surface area contributed by atoms with Crippen LogP contribution in [0.2, 0.25) is 0 Å². The second-order valence-electron chi connectivity index (χ2n) is 7.31. The summed E-state index contributed by atoms with van der Waals surface area (Å²) in [5.74, 6) is -0.243. The Morgan fingerprint density at radius 1 is 1.06 bits per heavy atom. The lowest BCUT2D eigenvalue weighted by molar-refractivity contribution is -0.122. The fraction of sp³-hybridized carbons (Fsp3) is 0.364. The maximum absolute atomic E-state index is 12.8. The molecule has 1 aliphatic rings. The molecule has 1 aliphatic heterocycles. The summed E-state index contributed by atoms with van der Waals surface area (Å²) in [7, 11) is -3.72. The Morgan fingerprint density at radius 3 is 2.50 bits per heavy atom. The third-order valence-corrected chi connectivity index (χ3v) is 6.75. The van der Waals surface area contributed by atoms with E-state index < -0.39 is 15.9 Å². The SMILES string of the molecule is Cc1ccc(OCCCC(=O)NNC(=O)c2cccc(S(=O)(=O)N3CCOCC3)c2)cc1. The van der Waals surface area contributed by atoms with Crippen molar-refractivity contribution in [3.05, 3.63) is 59.7 Å². The molecule has 1 saturated heterocycles. The first kappa shape index (κ1) is 23.7. The number of nitrogens with one attached hydrogen (secondary N) is 2. The van der Waals surface area contributed by atoms with Crippen LogP contribution in [0, 0.1) is 6.92 Å². The van der Waals surface area contributed by atoms with Crippen LogP contribution in [0.15, 0.2) is 53.4 Å². The molecule has 2 aromatic carbocycles. The first-order chi connectivity index (χ1) is 15.4. The lowest BCUT2D eigenvalue weighted by atomic mass is 10.2. The molecule has 0 aliphatic carbocycles. The quantitative estimate of drug-likeness (QED) is 0.456. The molecule has 2 amide bonds. The van der Waals surface area contributed by atoms with Crippen LogP contribution in [-0.2, 0) is 19.6 Å². The summed E-state index contributed by atoms with van der Waals surface area (Å²) in [6, 6.07) is 13.3. The lowest BCUT2D eigenvalue weighted by Crippen LogP contribution is -2.42. The number of benzene rings is 2. The second kappa shape index (κ2) is 11.1. The zero-order valence-corrected chi connectivity index (χ0v) is 18.7. The van der Waals surface area contributed by atoms with Gasteiger partial charge in [0.05, 0.1) is 24.7 Å². The monoisotopic (exact) mass is 461 g/mol. The number of aryl methyl sites for hydroxylation is 1. The average molecular weight is 462 g/mol. The Balaban J connectivity index is 1.45. The molecule has 0 atom stereocenters. The third-order valence-electron chi connectivity index (χ3n) is 4.86. The van der Waals surface area contributed by atoms with Crippen molar-refractivity contribution in [3.8, 4) is 5.75 Å². The first-order valence-electron chi connectivity index (χ1n) is 10.3. The van der Waals surface area contributed by atoms with Crippen molar-refractivity contribution in [2.75, 3.05) is 32.9 Å². The van der Waals surface area contributed by atoms with E-state index in [0.717, 1.165) is 11.3 Å². The Hall–Kier alpha value is -2.95. The van der Waals surface area contributed by atoms with Crippen LogP contribution in [0.25, 0.3) is 0 Å². The molecule has 0 bridgehead atoms. The van der Waals surface area contributed by atoms with Crippen molar-refractivity contribution in [1.29, 1.82) is 0 Å². The molecular weight excluding hydrogens is 434 g/mol. The van der Waals surface area contributed by atoms with Gasteiger partial charge >= 0.3 is 0 Å². The van der Waals surface area contributed by atoms with E-state index in [2.05, 4.69) is 10.9 Å². The molecule has 172 valence electrons. The normalized spacial score (nSPS) is 14.5. The molecule has 1 fully saturated rings. The molecule has 3 rings (SSSR count). The minimum Gasteiger partial charge on any atom is -0.494 e. The number of sulfonamides is 1. The molecule has 2 aromatic rings. The van der Waals surface area contributed by atoms with Gasteiger partial charge in [-0.15, -0.1) is 0 Å². The summed E-state index contributed by atoms with van der Waals surface area (Å²) in [5, 5.41) is 0. The molecule has 0 radical (unpaired) electrons. The second-order valence-corrected chi connectivity index (χ2v) is 9.25. The first-order valence-corrected chi connectivity index (χ1v) is 11.8. The van der Waals surface area contributed by atoms with E-state index in [1.807, 2.05) is 31.2 Å². The minimum atomic E-state index is -3.72. The number of carbonyl (C=O) groups is 2. The van der Waals surface area contributed by atoms with Crippen LogP contribution in [0.1, 0.15) is 28.8 Å². The van der Waals surface area contributed by atoms with Crippen molar-refractivity contribution in [2.24, 2.45) is 0 Å². The topological polar surface area (TPSA) is 114 Å². The Bertz CT molecular complexity index is 1030. The number of hydrogen-bond donors (Lipinski definition) is 2. The number of nitrogens with zero attached hydrogens (tertiary/aromatic N) is 1.